The first-order valence-electron chi connectivity index (χ1n) is 6.64. The number of carbonyl (C=O) groups excluding carboxylic acids is 1. The number of aromatic nitrogens is 2. The molecule has 1 fully saturated rings. The van der Waals surface area contributed by atoms with Crippen molar-refractivity contribution in [2.75, 3.05) is 31.1 Å². The van der Waals surface area contributed by atoms with E-state index < -0.39 is 6.04 Å². The Morgan fingerprint density at radius 3 is 2.80 bits per heavy atom. The number of nitrogens with two attached hydrogens (primary N) is 1. The van der Waals surface area contributed by atoms with Crippen LogP contribution in [0.2, 0.25) is 0 Å². The summed E-state index contributed by atoms with van der Waals surface area (Å²) in [6, 6.07) is 1.62. The second-order valence-electron chi connectivity index (χ2n) is 4.94. The van der Waals surface area contributed by atoms with Gasteiger partial charge >= 0.3 is 0 Å². The minimum Gasteiger partial charge on any atom is -0.352 e. The summed E-state index contributed by atoms with van der Waals surface area (Å²) < 4.78 is 0. The smallest absolute Gasteiger partial charge is 0.239 e. The minimum absolute atomic E-state index is 0.0213. The molecule has 0 spiro atoms. The van der Waals surface area contributed by atoms with E-state index in [1.54, 1.807) is 24.6 Å². The van der Waals surface area contributed by atoms with Gasteiger partial charge in [0.25, 0.3) is 0 Å². The lowest BCUT2D eigenvalue weighted by molar-refractivity contribution is -0.132. The molecule has 1 atom stereocenters. The highest BCUT2D eigenvalue weighted by atomic mass is 32.1. The highest BCUT2D eigenvalue weighted by molar-refractivity contribution is 7.16. The van der Waals surface area contributed by atoms with Crippen LogP contribution in [-0.4, -0.2) is 53.0 Å². The molecule has 1 aliphatic heterocycles. The van der Waals surface area contributed by atoms with Gasteiger partial charge in [-0.05, 0) is 18.4 Å². The zero-order valence-corrected chi connectivity index (χ0v) is 12.1. The van der Waals surface area contributed by atoms with Crippen molar-refractivity contribution in [3.05, 3.63) is 17.8 Å². The van der Waals surface area contributed by atoms with Gasteiger partial charge in [0.05, 0.1) is 11.4 Å². The summed E-state index contributed by atoms with van der Waals surface area (Å²) in [4.78, 5) is 25.6. The lowest BCUT2D eigenvalue weighted by atomic mass is 10.2. The quantitative estimate of drug-likeness (QED) is 0.881. The van der Waals surface area contributed by atoms with Crippen molar-refractivity contribution in [2.24, 2.45) is 5.73 Å². The number of piperazine rings is 1. The van der Waals surface area contributed by atoms with Crippen molar-refractivity contribution in [3.8, 4) is 0 Å². The fourth-order valence-electron chi connectivity index (χ4n) is 2.46. The number of hydrogen-bond acceptors (Lipinski definition) is 6. The van der Waals surface area contributed by atoms with Crippen molar-refractivity contribution in [3.63, 3.8) is 0 Å². The molecule has 3 rings (SSSR count). The average molecular weight is 291 g/mol. The second-order valence-corrected chi connectivity index (χ2v) is 5.83. The summed E-state index contributed by atoms with van der Waals surface area (Å²) in [7, 11) is 0. The molecule has 1 amide bonds. The Morgan fingerprint density at radius 1 is 1.35 bits per heavy atom. The third-order valence-corrected chi connectivity index (χ3v) is 4.34. The molecule has 1 aliphatic rings. The van der Waals surface area contributed by atoms with Gasteiger partial charge in [-0.15, -0.1) is 11.3 Å². The van der Waals surface area contributed by atoms with Crippen LogP contribution in [0.25, 0.3) is 10.2 Å². The van der Waals surface area contributed by atoms with E-state index in [1.807, 2.05) is 10.3 Å². The average Bonchev–Trinajstić information content (AvgIpc) is 2.95. The van der Waals surface area contributed by atoms with E-state index in [0.717, 1.165) is 29.1 Å². The number of carbonyl (C=O) groups is 1. The molecule has 2 aromatic heterocycles. The topological polar surface area (TPSA) is 75.4 Å². The van der Waals surface area contributed by atoms with Gasteiger partial charge in [0.15, 0.2) is 0 Å². The molecular weight excluding hydrogens is 274 g/mol. The first-order chi connectivity index (χ1) is 9.66. The van der Waals surface area contributed by atoms with Crippen LogP contribution < -0.4 is 10.6 Å². The lowest BCUT2D eigenvalue weighted by Gasteiger charge is -2.36. The zero-order valence-electron chi connectivity index (χ0n) is 11.3. The van der Waals surface area contributed by atoms with Crippen LogP contribution in [0.3, 0.4) is 0 Å². The number of nitrogens with zero attached hydrogens (tertiary/aromatic N) is 4. The van der Waals surface area contributed by atoms with Crippen LogP contribution in [0.5, 0.6) is 0 Å². The molecule has 0 aliphatic carbocycles. The van der Waals surface area contributed by atoms with E-state index in [-0.39, 0.29) is 5.91 Å². The Morgan fingerprint density at radius 2 is 2.10 bits per heavy atom. The molecular formula is C13H17N5OS. The van der Waals surface area contributed by atoms with Gasteiger partial charge in [-0.3, -0.25) is 4.79 Å². The third kappa shape index (κ3) is 2.34. The van der Waals surface area contributed by atoms with E-state index in [4.69, 9.17) is 5.73 Å². The van der Waals surface area contributed by atoms with E-state index in [0.29, 0.717) is 13.1 Å². The second kappa shape index (κ2) is 5.34. The van der Waals surface area contributed by atoms with E-state index >= 15 is 0 Å². The Labute approximate surface area is 121 Å². The van der Waals surface area contributed by atoms with Crippen LogP contribution in [0.15, 0.2) is 17.8 Å². The summed E-state index contributed by atoms with van der Waals surface area (Å²) in [5.41, 5.74) is 5.65. The number of anilines is 1. The van der Waals surface area contributed by atoms with Crippen molar-refractivity contribution < 1.29 is 4.79 Å². The molecule has 6 nitrogen and oxygen atoms in total. The molecule has 20 heavy (non-hydrogen) atoms. The van der Waals surface area contributed by atoms with Crippen molar-refractivity contribution in [1.82, 2.24) is 14.9 Å². The van der Waals surface area contributed by atoms with Gasteiger partial charge in [0.1, 0.15) is 17.0 Å². The van der Waals surface area contributed by atoms with Gasteiger partial charge < -0.3 is 15.5 Å². The van der Waals surface area contributed by atoms with Crippen molar-refractivity contribution >= 4 is 33.3 Å². The monoisotopic (exact) mass is 291 g/mol. The number of thiophene rings is 1. The van der Waals surface area contributed by atoms with Crippen LogP contribution in [0.4, 0.5) is 5.82 Å². The molecule has 3 heterocycles. The third-order valence-electron chi connectivity index (χ3n) is 3.52. The maximum Gasteiger partial charge on any atom is 0.239 e. The molecule has 0 radical (unpaired) electrons. The molecule has 0 saturated carbocycles. The predicted molar refractivity (Wildman–Crippen MR) is 79.9 cm³/mol. The summed E-state index contributed by atoms with van der Waals surface area (Å²) in [6.07, 6.45) is 1.60. The van der Waals surface area contributed by atoms with Crippen molar-refractivity contribution in [1.29, 1.82) is 0 Å². The SMILES string of the molecule is C[C@@H](N)C(=O)N1CCN(c2ncnc3sccc23)CC1. The summed E-state index contributed by atoms with van der Waals surface area (Å²) in [5.74, 6) is 0.983. The normalized spacial score (nSPS) is 17.5. The first kappa shape index (κ1) is 13.3. The van der Waals surface area contributed by atoms with E-state index in [9.17, 15) is 4.79 Å². The van der Waals surface area contributed by atoms with Crippen molar-refractivity contribution in [2.45, 2.75) is 13.0 Å². The van der Waals surface area contributed by atoms with Crippen LogP contribution in [0, 0.1) is 0 Å². The molecule has 106 valence electrons. The Balaban J connectivity index is 1.75. The molecule has 7 heteroatoms. The maximum atomic E-state index is 11.9. The lowest BCUT2D eigenvalue weighted by Crippen LogP contribution is -2.52. The van der Waals surface area contributed by atoms with Gasteiger partial charge in [-0.2, -0.15) is 0 Å². The molecule has 2 N–H and O–H groups in total. The first-order valence-corrected chi connectivity index (χ1v) is 7.52. The maximum absolute atomic E-state index is 11.9. The Kier molecular flexibility index (Phi) is 3.54. The van der Waals surface area contributed by atoms with E-state index in [2.05, 4.69) is 20.9 Å². The fraction of sp³-hybridized carbons (Fsp3) is 0.462. The summed E-state index contributed by atoms with van der Waals surface area (Å²) in [6.45, 7) is 4.67. The number of amides is 1. The summed E-state index contributed by atoms with van der Waals surface area (Å²) in [5, 5.41) is 3.11. The Hall–Kier alpha value is -1.73. The van der Waals surface area contributed by atoms with Crippen LogP contribution >= 0.6 is 11.3 Å². The van der Waals surface area contributed by atoms with Gasteiger partial charge in [-0.25, -0.2) is 9.97 Å². The predicted octanol–water partition coefficient (Wildman–Crippen LogP) is 0.687. The number of rotatable bonds is 2. The van der Waals surface area contributed by atoms with Gasteiger partial charge in [0.2, 0.25) is 5.91 Å². The largest absolute Gasteiger partial charge is 0.352 e. The minimum atomic E-state index is -0.427. The van der Waals surface area contributed by atoms with Crippen LogP contribution in [-0.2, 0) is 4.79 Å². The highest BCUT2D eigenvalue weighted by Crippen LogP contribution is 2.27. The zero-order chi connectivity index (χ0) is 14.1. The molecule has 1 saturated heterocycles. The molecule has 0 unspecified atom stereocenters. The highest BCUT2D eigenvalue weighted by Gasteiger charge is 2.24. The number of hydrogen-bond donors (Lipinski definition) is 1. The molecule has 0 aromatic carbocycles. The summed E-state index contributed by atoms with van der Waals surface area (Å²) >= 11 is 1.62. The van der Waals surface area contributed by atoms with Crippen LogP contribution in [0.1, 0.15) is 6.92 Å². The molecule has 2 aromatic rings. The van der Waals surface area contributed by atoms with Gasteiger partial charge in [0, 0.05) is 26.2 Å². The fourth-order valence-corrected chi connectivity index (χ4v) is 3.18. The standard InChI is InChI=1S/C13H17N5OS/c1-9(14)13(19)18-5-3-17(4-6-18)11-10-2-7-20-12(10)16-8-15-11/h2,7-9H,3-6,14H2,1H3/t9-/m1/s1. The molecule has 0 bridgehead atoms. The Bertz CT molecular complexity index is 618. The van der Waals surface area contributed by atoms with E-state index in [1.165, 1.54) is 0 Å². The number of fused-ring (bicyclic) bond motifs is 1. The van der Waals surface area contributed by atoms with Gasteiger partial charge in [-0.1, -0.05) is 0 Å².